The second kappa shape index (κ2) is 6.54. The first kappa shape index (κ1) is 13.8. The van der Waals surface area contributed by atoms with Crippen molar-refractivity contribution in [2.45, 2.75) is 44.1 Å². The molecule has 1 fully saturated rings. The molecule has 2 rings (SSSR count). The van der Waals surface area contributed by atoms with Gasteiger partial charge in [0.15, 0.2) is 0 Å². The van der Waals surface area contributed by atoms with Crippen LogP contribution < -0.4 is 5.32 Å². The third-order valence-electron chi connectivity index (χ3n) is 3.32. The Labute approximate surface area is 112 Å². The van der Waals surface area contributed by atoms with Crippen molar-refractivity contribution in [2.24, 2.45) is 0 Å². The third-order valence-corrected chi connectivity index (χ3v) is 3.32. The van der Waals surface area contributed by atoms with Crippen LogP contribution in [0, 0.1) is 0 Å². The lowest BCUT2D eigenvalue weighted by atomic mass is 9.91. The second-order valence-corrected chi connectivity index (χ2v) is 4.85. The Morgan fingerprint density at radius 2 is 1.95 bits per heavy atom. The number of carbonyl (C=O) groups excluding carboxylic acids is 1. The zero-order chi connectivity index (χ0) is 13.7. The van der Waals surface area contributed by atoms with Crippen molar-refractivity contribution in [3.63, 3.8) is 0 Å². The highest BCUT2D eigenvalue weighted by Gasteiger charge is 2.28. The molecule has 5 nitrogen and oxygen atoms in total. The van der Waals surface area contributed by atoms with Gasteiger partial charge in [-0.25, -0.2) is 4.79 Å². The van der Waals surface area contributed by atoms with Crippen molar-refractivity contribution in [1.29, 1.82) is 0 Å². The van der Waals surface area contributed by atoms with Crippen molar-refractivity contribution < 1.29 is 19.7 Å². The molecule has 1 aromatic carbocycles. The van der Waals surface area contributed by atoms with E-state index < -0.39 is 18.3 Å². The maximum absolute atomic E-state index is 11.6. The van der Waals surface area contributed by atoms with Gasteiger partial charge in [-0.2, -0.15) is 0 Å². The molecule has 19 heavy (non-hydrogen) atoms. The van der Waals surface area contributed by atoms with Gasteiger partial charge >= 0.3 is 6.09 Å². The molecule has 0 bridgehead atoms. The van der Waals surface area contributed by atoms with Gasteiger partial charge in [-0.1, -0.05) is 30.3 Å². The van der Waals surface area contributed by atoms with Gasteiger partial charge in [-0.15, -0.1) is 0 Å². The fourth-order valence-electron chi connectivity index (χ4n) is 2.19. The average molecular weight is 265 g/mol. The van der Waals surface area contributed by atoms with Crippen LogP contribution in [0.15, 0.2) is 30.3 Å². The number of aliphatic hydroxyl groups excluding tert-OH is 2. The summed E-state index contributed by atoms with van der Waals surface area (Å²) in [6.07, 6.45) is -0.436. The number of rotatable bonds is 3. The molecule has 0 aromatic heterocycles. The summed E-state index contributed by atoms with van der Waals surface area (Å²) in [6, 6.07) is 9.30. The largest absolute Gasteiger partial charge is 0.445 e. The average Bonchev–Trinajstić information content (AvgIpc) is 2.42. The number of benzene rings is 1. The Hall–Kier alpha value is -1.59. The van der Waals surface area contributed by atoms with Crippen LogP contribution in [0.3, 0.4) is 0 Å². The number of carbonyl (C=O) groups is 1. The fraction of sp³-hybridized carbons (Fsp3) is 0.500. The van der Waals surface area contributed by atoms with E-state index in [1.807, 2.05) is 30.3 Å². The van der Waals surface area contributed by atoms with Crippen LogP contribution >= 0.6 is 0 Å². The number of aliphatic hydroxyl groups is 2. The fourth-order valence-corrected chi connectivity index (χ4v) is 2.19. The molecule has 0 aliphatic heterocycles. The summed E-state index contributed by atoms with van der Waals surface area (Å²) >= 11 is 0. The van der Waals surface area contributed by atoms with Gasteiger partial charge in [-0.05, 0) is 24.8 Å². The number of amides is 1. The summed E-state index contributed by atoms with van der Waals surface area (Å²) in [5.41, 5.74) is 0.928. The van der Waals surface area contributed by atoms with E-state index in [2.05, 4.69) is 5.32 Å². The van der Waals surface area contributed by atoms with Crippen LogP contribution in [0.1, 0.15) is 24.8 Å². The van der Waals surface area contributed by atoms with E-state index >= 15 is 0 Å². The molecule has 5 heteroatoms. The highest BCUT2D eigenvalue weighted by Crippen LogP contribution is 2.19. The van der Waals surface area contributed by atoms with Gasteiger partial charge in [0.1, 0.15) is 6.61 Å². The number of nitrogens with one attached hydrogen (secondary N) is 1. The summed E-state index contributed by atoms with van der Waals surface area (Å²) < 4.78 is 5.10. The van der Waals surface area contributed by atoms with Gasteiger partial charge in [0, 0.05) is 6.04 Å². The first-order valence-corrected chi connectivity index (χ1v) is 6.48. The Morgan fingerprint density at radius 3 is 2.63 bits per heavy atom. The van der Waals surface area contributed by atoms with Crippen LogP contribution in [-0.2, 0) is 11.3 Å². The Bertz CT molecular complexity index is 409. The molecule has 104 valence electrons. The molecule has 1 aromatic rings. The van der Waals surface area contributed by atoms with Crippen molar-refractivity contribution in [1.82, 2.24) is 5.32 Å². The van der Waals surface area contributed by atoms with Gasteiger partial charge in [0.25, 0.3) is 0 Å². The van der Waals surface area contributed by atoms with Gasteiger partial charge in [0.2, 0.25) is 0 Å². The predicted octanol–water partition coefficient (Wildman–Crippen LogP) is 1.19. The highest BCUT2D eigenvalue weighted by molar-refractivity contribution is 5.67. The summed E-state index contributed by atoms with van der Waals surface area (Å²) in [5.74, 6) is 0. The molecule has 1 saturated carbocycles. The van der Waals surface area contributed by atoms with E-state index in [0.717, 1.165) is 5.56 Å². The zero-order valence-electron chi connectivity index (χ0n) is 10.7. The minimum absolute atomic E-state index is 0.137. The quantitative estimate of drug-likeness (QED) is 0.767. The molecule has 0 radical (unpaired) electrons. The van der Waals surface area contributed by atoms with Gasteiger partial charge < -0.3 is 20.3 Å². The van der Waals surface area contributed by atoms with Crippen LogP contribution in [0.5, 0.6) is 0 Å². The molecule has 3 N–H and O–H groups in total. The lowest BCUT2D eigenvalue weighted by molar-refractivity contribution is -0.0181. The lowest BCUT2D eigenvalue weighted by Crippen LogP contribution is -2.44. The maximum Gasteiger partial charge on any atom is 0.407 e. The van der Waals surface area contributed by atoms with Crippen molar-refractivity contribution in [3.8, 4) is 0 Å². The molecule has 0 spiro atoms. The van der Waals surface area contributed by atoms with E-state index in [-0.39, 0.29) is 12.6 Å². The number of ether oxygens (including phenoxy) is 1. The summed E-state index contributed by atoms with van der Waals surface area (Å²) in [4.78, 5) is 11.6. The SMILES string of the molecule is O=C(NC1CCC(O)C(O)C1)OCc1ccccc1. The first-order chi connectivity index (χ1) is 9.15. The van der Waals surface area contributed by atoms with E-state index in [0.29, 0.717) is 19.3 Å². The minimum atomic E-state index is -0.770. The van der Waals surface area contributed by atoms with Crippen LogP contribution in [-0.4, -0.2) is 34.6 Å². The zero-order valence-corrected chi connectivity index (χ0v) is 10.7. The molecule has 0 heterocycles. The van der Waals surface area contributed by atoms with Crippen LogP contribution in [0.25, 0.3) is 0 Å². The highest BCUT2D eigenvalue weighted by atomic mass is 16.5. The molecule has 1 aliphatic carbocycles. The number of hydrogen-bond acceptors (Lipinski definition) is 4. The van der Waals surface area contributed by atoms with E-state index in [9.17, 15) is 15.0 Å². The Kier molecular flexibility index (Phi) is 4.76. The predicted molar refractivity (Wildman–Crippen MR) is 69.4 cm³/mol. The van der Waals surface area contributed by atoms with Crippen molar-refractivity contribution in [2.75, 3.05) is 0 Å². The normalized spacial score (nSPS) is 26.7. The monoisotopic (exact) mass is 265 g/mol. The molecular formula is C14H19NO4. The number of alkyl carbamates (subject to hydrolysis) is 1. The van der Waals surface area contributed by atoms with Crippen molar-refractivity contribution in [3.05, 3.63) is 35.9 Å². The summed E-state index contributed by atoms with van der Waals surface area (Å²) in [6.45, 7) is 0.227. The molecule has 0 saturated heterocycles. The summed E-state index contributed by atoms with van der Waals surface area (Å²) in [5, 5.41) is 21.6. The van der Waals surface area contributed by atoms with Gasteiger partial charge in [-0.3, -0.25) is 0 Å². The summed E-state index contributed by atoms with van der Waals surface area (Å²) in [7, 11) is 0. The van der Waals surface area contributed by atoms with E-state index in [4.69, 9.17) is 4.74 Å². The third kappa shape index (κ3) is 4.22. The molecule has 3 unspecified atom stereocenters. The molecular weight excluding hydrogens is 246 g/mol. The molecule has 1 aliphatic rings. The topological polar surface area (TPSA) is 78.8 Å². The van der Waals surface area contributed by atoms with E-state index in [1.54, 1.807) is 0 Å². The lowest BCUT2D eigenvalue weighted by Gasteiger charge is -2.30. The smallest absolute Gasteiger partial charge is 0.407 e. The number of hydrogen-bond donors (Lipinski definition) is 3. The van der Waals surface area contributed by atoms with Crippen LogP contribution in [0.2, 0.25) is 0 Å². The molecule has 3 atom stereocenters. The maximum atomic E-state index is 11.6. The minimum Gasteiger partial charge on any atom is -0.445 e. The van der Waals surface area contributed by atoms with Crippen LogP contribution in [0.4, 0.5) is 4.79 Å². The first-order valence-electron chi connectivity index (χ1n) is 6.48. The van der Waals surface area contributed by atoms with E-state index in [1.165, 1.54) is 0 Å². The van der Waals surface area contributed by atoms with Crippen molar-refractivity contribution >= 4 is 6.09 Å². The second-order valence-electron chi connectivity index (χ2n) is 4.85. The standard InChI is InChI=1S/C14H19NO4/c16-12-7-6-11(8-13(12)17)15-14(18)19-9-10-4-2-1-3-5-10/h1-5,11-13,16-17H,6-9H2,(H,15,18). The molecule has 1 amide bonds. The van der Waals surface area contributed by atoms with Gasteiger partial charge in [0.05, 0.1) is 12.2 Å². The Balaban J connectivity index is 1.73. The Morgan fingerprint density at radius 1 is 1.21 bits per heavy atom.